The molecule has 134 valence electrons. The van der Waals surface area contributed by atoms with E-state index in [1.165, 1.54) is 0 Å². The highest BCUT2D eigenvalue weighted by Gasteiger charge is 2.22. The maximum Gasteiger partial charge on any atom is 0.241 e. The van der Waals surface area contributed by atoms with Gasteiger partial charge in [-0.15, -0.1) is 0 Å². The van der Waals surface area contributed by atoms with Crippen LogP contribution in [0, 0.1) is 0 Å². The number of nitrogens with one attached hydrogen (secondary N) is 1. The van der Waals surface area contributed by atoms with E-state index in [9.17, 15) is 4.79 Å². The van der Waals surface area contributed by atoms with Gasteiger partial charge in [0.25, 0.3) is 0 Å². The molecular weight excluding hydrogens is 338 g/mol. The van der Waals surface area contributed by atoms with Crippen molar-refractivity contribution in [1.29, 1.82) is 0 Å². The van der Waals surface area contributed by atoms with Crippen molar-refractivity contribution in [2.24, 2.45) is 0 Å². The Labute approximate surface area is 149 Å². The third-order valence-electron chi connectivity index (χ3n) is 4.04. The van der Waals surface area contributed by atoms with Crippen molar-refractivity contribution in [2.45, 2.75) is 6.54 Å². The van der Waals surface area contributed by atoms with E-state index in [4.69, 9.17) is 14.2 Å². The third kappa shape index (κ3) is 2.73. The van der Waals surface area contributed by atoms with Gasteiger partial charge in [0, 0.05) is 31.2 Å². The fourth-order valence-electron chi connectivity index (χ4n) is 2.77. The van der Waals surface area contributed by atoms with Gasteiger partial charge < -0.3 is 19.5 Å². The fraction of sp³-hybridized carbons (Fsp3) is 0.235. The number of likely N-dealkylation sites (N-methyl/N-ethyl adjacent to an activating group) is 1. The second kappa shape index (κ2) is 6.43. The first-order chi connectivity index (χ1) is 12.7. The quantitative estimate of drug-likeness (QED) is 0.740. The van der Waals surface area contributed by atoms with Gasteiger partial charge in [0.05, 0.1) is 19.0 Å². The lowest BCUT2D eigenvalue weighted by atomic mass is 10.1. The van der Waals surface area contributed by atoms with Crippen LogP contribution in [0.1, 0.15) is 0 Å². The van der Waals surface area contributed by atoms with E-state index in [2.05, 4.69) is 15.4 Å². The lowest BCUT2D eigenvalue weighted by Gasteiger charge is -2.09. The average molecular weight is 355 g/mol. The standard InChI is InChI=1S/C17H17N5O4/c1-18-15(23)9-21-8-12(7-20-21)22-4-3-19-17(22)11-5-13(24-2)16-14(6-11)25-10-26-16/h3-8H,9-10H2,1-2H3,(H,18,23). The van der Waals surface area contributed by atoms with Crippen molar-refractivity contribution in [3.05, 3.63) is 36.9 Å². The van der Waals surface area contributed by atoms with Gasteiger partial charge in [0.1, 0.15) is 12.4 Å². The molecule has 1 aliphatic rings. The molecule has 9 heteroatoms. The van der Waals surface area contributed by atoms with Gasteiger partial charge in [0.15, 0.2) is 11.5 Å². The van der Waals surface area contributed by atoms with Gasteiger partial charge in [-0.2, -0.15) is 5.10 Å². The Bertz CT molecular complexity index is 962. The molecule has 1 amide bonds. The topological polar surface area (TPSA) is 92.4 Å². The van der Waals surface area contributed by atoms with E-state index in [1.807, 2.05) is 22.9 Å². The van der Waals surface area contributed by atoms with E-state index < -0.39 is 0 Å². The molecular formula is C17H17N5O4. The van der Waals surface area contributed by atoms with E-state index in [1.54, 1.807) is 37.4 Å². The largest absolute Gasteiger partial charge is 0.493 e. The van der Waals surface area contributed by atoms with Crippen LogP contribution in [0.5, 0.6) is 17.2 Å². The molecule has 0 aliphatic carbocycles. The molecule has 0 atom stereocenters. The van der Waals surface area contributed by atoms with Crippen molar-refractivity contribution in [3.8, 4) is 34.3 Å². The second-order valence-electron chi connectivity index (χ2n) is 5.60. The van der Waals surface area contributed by atoms with Gasteiger partial charge in [-0.05, 0) is 12.1 Å². The lowest BCUT2D eigenvalue weighted by molar-refractivity contribution is -0.121. The highest BCUT2D eigenvalue weighted by atomic mass is 16.7. The van der Waals surface area contributed by atoms with Gasteiger partial charge in [-0.1, -0.05) is 0 Å². The van der Waals surface area contributed by atoms with E-state index >= 15 is 0 Å². The van der Waals surface area contributed by atoms with Crippen molar-refractivity contribution in [1.82, 2.24) is 24.6 Å². The Morgan fingerprint density at radius 3 is 3.08 bits per heavy atom. The van der Waals surface area contributed by atoms with Crippen LogP contribution in [-0.2, 0) is 11.3 Å². The number of benzene rings is 1. The van der Waals surface area contributed by atoms with Crippen LogP contribution in [0.25, 0.3) is 17.1 Å². The molecule has 0 radical (unpaired) electrons. The molecule has 4 rings (SSSR count). The third-order valence-corrected chi connectivity index (χ3v) is 4.04. The smallest absolute Gasteiger partial charge is 0.241 e. The first kappa shape index (κ1) is 16.0. The Kier molecular flexibility index (Phi) is 3.96. The first-order valence-corrected chi connectivity index (χ1v) is 7.94. The lowest BCUT2D eigenvalue weighted by Crippen LogP contribution is -2.23. The summed E-state index contributed by atoms with van der Waals surface area (Å²) in [6.07, 6.45) is 6.99. The fourth-order valence-corrected chi connectivity index (χ4v) is 2.77. The number of rotatable bonds is 5. The second-order valence-corrected chi connectivity index (χ2v) is 5.60. The number of fused-ring (bicyclic) bond motifs is 1. The molecule has 3 heterocycles. The summed E-state index contributed by atoms with van der Waals surface area (Å²) in [5, 5.41) is 6.80. The summed E-state index contributed by atoms with van der Waals surface area (Å²) in [6.45, 7) is 0.314. The summed E-state index contributed by atoms with van der Waals surface area (Å²) in [5.41, 5.74) is 1.60. The van der Waals surface area contributed by atoms with Gasteiger partial charge in [-0.25, -0.2) is 4.98 Å². The first-order valence-electron chi connectivity index (χ1n) is 7.94. The molecule has 0 bridgehead atoms. The number of amides is 1. The maximum absolute atomic E-state index is 11.5. The Morgan fingerprint density at radius 2 is 2.27 bits per heavy atom. The summed E-state index contributed by atoms with van der Waals surface area (Å²) in [4.78, 5) is 16.0. The number of hydrogen-bond donors (Lipinski definition) is 1. The summed E-state index contributed by atoms with van der Waals surface area (Å²) in [5.74, 6) is 2.36. The molecule has 1 N–H and O–H groups in total. The molecule has 0 saturated carbocycles. The number of imidazole rings is 1. The molecule has 3 aromatic rings. The molecule has 9 nitrogen and oxygen atoms in total. The minimum absolute atomic E-state index is 0.119. The normalized spacial score (nSPS) is 12.2. The number of ether oxygens (including phenoxy) is 3. The van der Waals surface area contributed by atoms with Crippen molar-refractivity contribution in [2.75, 3.05) is 21.0 Å². The van der Waals surface area contributed by atoms with Gasteiger partial charge in [-0.3, -0.25) is 14.0 Å². The van der Waals surface area contributed by atoms with Gasteiger partial charge in [0.2, 0.25) is 18.4 Å². The van der Waals surface area contributed by atoms with Crippen LogP contribution >= 0.6 is 0 Å². The van der Waals surface area contributed by atoms with E-state index in [0.717, 1.165) is 11.3 Å². The zero-order chi connectivity index (χ0) is 18.1. The molecule has 1 aliphatic heterocycles. The predicted molar refractivity (Wildman–Crippen MR) is 91.5 cm³/mol. The number of hydrogen-bond acceptors (Lipinski definition) is 6. The van der Waals surface area contributed by atoms with Crippen molar-refractivity contribution in [3.63, 3.8) is 0 Å². The summed E-state index contributed by atoms with van der Waals surface area (Å²) in [6, 6.07) is 3.71. The molecule has 1 aromatic carbocycles. The van der Waals surface area contributed by atoms with Crippen molar-refractivity contribution >= 4 is 5.91 Å². The van der Waals surface area contributed by atoms with Crippen molar-refractivity contribution < 1.29 is 19.0 Å². The monoisotopic (exact) mass is 355 g/mol. The molecule has 26 heavy (non-hydrogen) atoms. The summed E-state index contributed by atoms with van der Waals surface area (Å²) in [7, 11) is 3.17. The Balaban J connectivity index is 1.71. The number of carbonyl (C=O) groups is 1. The number of nitrogens with zero attached hydrogens (tertiary/aromatic N) is 4. The number of methoxy groups -OCH3 is 1. The molecule has 2 aromatic heterocycles. The Hall–Kier alpha value is -3.49. The molecule has 0 unspecified atom stereocenters. The minimum Gasteiger partial charge on any atom is -0.493 e. The number of carbonyl (C=O) groups excluding carboxylic acids is 1. The number of aromatic nitrogens is 4. The maximum atomic E-state index is 11.5. The molecule has 0 spiro atoms. The van der Waals surface area contributed by atoms with Gasteiger partial charge >= 0.3 is 0 Å². The zero-order valence-corrected chi connectivity index (χ0v) is 14.3. The van der Waals surface area contributed by atoms with E-state index in [-0.39, 0.29) is 19.2 Å². The summed E-state index contributed by atoms with van der Waals surface area (Å²) < 4.78 is 19.8. The Morgan fingerprint density at radius 1 is 1.38 bits per heavy atom. The highest BCUT2D eigenvalue weighted by molar-refractivity contribution is 5.75. The van der Waals surface area contributed by atoms with Crippen LogP contribution in [0.15, 0.2) is 36.9 Å². The average Bonchev–Trinajstić information content (AvgIpc) is 3.39. The highest BCUT2D eigenvalue weighted by Crippen LogP contribution is 2.44. The zero-order valence-electron chi connectivity index (χ0n) is 14.3. The SMILES string of the molecule is CNC(=O)Cn1cc(-n2ccnc2-c2cc(OC)c3c(c2)OCO3)cn1. The van der Waals surface area contributed by atoms with Crippen LogP contribution in [0.2, 0.25) is 0 Å². The van der Waals surface area contributed by atoms with Crippen LogP contribution in [0.3, 0.4) is 0 Å². The minimum atomic E-state index is -0.119. The summed E-state index contributed by atoms with van der Waals surface area (Å²) >= 11 is 0. The van der Waals surface area contributed by atoms with E-state index in [0.29, 0.717) is 23.1 Å². The van der Waals surface area contributed by atoms with Crippen LogP contribution < -0.4 is 19.5 Å². The predicted octanol–water partition coefficient (Wildman–Crippen LogP) is 1.22. The molecule has 0 saturated heterocycles. The van der Waals surface area contributed by atoms with Crippen LogP contribution in [0.4, 0.5) is 0 Å². The van der Waals surface area contributed by atoms with Crippen LogP contribution in [-0.4, -0.2) is 46.2 Å². The molecule has 0 fully saturated rings.